The summed E-state index contributed by atoms with van der Waals surface area (Å²) >= 11 is 1.29. The second-order valence-electron chi connectivity index (χ2n) is 6.86. The SMILES string of the molecule is CCOC(=O)C1=C(C)N=c2s/c(=C/c3ccncc3)c(=O)n2C1c1ccc(OC)cc1. The zero-order valence-electron chi connectivity index (χ0n) is 17.4. The first kappa shape index (κ1) is 20.7. The van der Waals surface area contributed by atoms with E-state index in [0.717, 1.165) is 11.1 Å². The van der Waals surface area contributed by atoms with Crippen molar-refractivity contribution in [2.75, 3.05) is 13.7 Å². The molecule has 8 heteroatoms. The van der Waals surface area contributed by atoms with Crippen LogP contribution in [-0.4, -0.2) is 29.2 Å². The highest BCUT2D eigenvalue weighted by molar-refractivity contribution is 7.07. The fourth-order valence-electron chi connectivity index (χ4n) is 3.50. The van der Waals surface area contributed by atoms with E-state index in [-0.39, 0.29) is 12.2 Å². The molecule has 158 valence electrons. The van der Waals surface area contributed by atoms with Crippen molar-refractivity contribution < 1.29 is 14.3 Å². The lowest BCUT2D eigenvalue weighted by molar-refractivity contribution is -0.139. The maximum Gasteiger partial charge on any atom is 0.338 e. The summed E-state index contributed by atoms with van der Waals surface area (Å²) in [5, 5.41) is 0. The molecule has 4 rings (SSSR count). The highest BCUT2D eigenvalue weighted by atomic mass is 32.1. The number of carbonyl (C=O) groups excluding carboxylic acids is 1. The van der Waals surface area contributed by atoms with Crippen molar-refractivity contribution in [1.82, 2.24) is 9.55 Å². The predicted octanol–water partition coefficient (Wildman–Crippen LogP) is 2.20. The number of ether oxygens (including phenoxy) is 2. The van der Waals surface area contributed by atoms with Gasteiger partial charge in [-0.3, -0.25) is 14.3 Å². The number of hydrogen-bond acceptors (Lipinski definition) is 7. The molecular weight excluding hydrogens is 414 g/mol. The van der Waals surface area contributed by atoms with Gasteiger partial charge in [0.1, 0.15) is 5.75 Å². The van der Waals surface area contributed by atoms with Gasteiger partial charge in [0.05, 0.1) is 35.6 Å². The number of esters is 1. The highest BCUT2D eigenvalue weighted by Crippen LogP contribution is 2.31. The molecule has 0 N–H and O–H groups in total. The number of allylic oxidation sites excluding steroid dienone is 1. The standard InChI is InChI=1S/C23H21N3O4S/c1-4-30-22(28)19-14(2)25-23-26(20(19)16-5-7-17(29-3)8-6-16)21(27)18(31-23)13-15-9-11-24-12-10-15/h5-13,20H,4H2,1-3H3/b18-13+. The molecular formula is C23H21N3O4S. The normalized spacial score (nSPS) is 16.0. The van der Waals surface area contributed by atoms with Crippen molar-refractivity contribution in [3.8, 4) is 5.75 Å². The molecule has 0 bridgehead atoms. The molecule has 1 aromatic carbocycles. The minimum absolute atomic E-state index is 0.212. The molecule has 0 fully saturated rings. The van der Waals surface area contributed by atoms with E-state index >= 15 is 0 Å². The molecule has 0 spiro atoms. The second kappa shape index (κ2) is 8.69. The molecule has 1 aliphatic heterocycles. The van der Waals surface area contributed by atoms with Crippen molar-refractivity contribution >= 4 is 23.4 Å². The van der Waals surface area contributed by atoms with E-state index in [0.29, 0.717) is 26.4 Å². The van der Waals surface area contributed by atoms with Crippen LogP contribution in [0.5, 0.6) is 5.75 Å². The Bertz CT molecular complexity index is 1320. The summed E-state index contributed by atoms with van der Waals surface area (Å²) in [4.78, 5) is 35.4. The largest absolute Gasteiger partial charge is 0.497 e. The number of fused-ring (bicyclic) bond motifs is 1. The number of hydrogen-bond donors (Lipinski definition) is 0. The number of carbonyl (C=O) groups is 1. The van der Waals surface area contributed by atoms with E-state index in [9.17, 15) is 9.59 Å². The van der Waals surface area contributed by atoms with Gasteiger partial charge in [0.25, 0.3) is 5.56 Å². The number of nitrogens with zero attached hydrogens (tertiary/aromatic N) is 3. The van der Waals surface area contributed by atoms with Gasteiger partial charge in [0.15, 0.2) is 4.80 Å². The number of thiazole rings is 1. The summed E-state index contributed by atoms with van der Waals surface area (Å²) < 4.78 is 12.7. The second-order valence-corrected chi connectivity index (χ2v) is 7.87. The lowest BCUT2D eigenvalue weighted by Crippen LogP contribution is -2.39. The van der Waals surface area contributed by atoms with Gasteiger partial charge in [-0.25, -0.2) is 9.79 Å². The van der Waals surface area contributed by atoms with Crippen LogP contribution >= 0.6 is 11.3 Å². The average Bonchev–Trinajstić information content (AvgIpc) is 3.08. The minimum atomic E-state index is -0.638. The third-order valence-corrected chi connectivity index (χ3v) is 5.94. The number of methoxy groups -OCH3 is 1. The van der Waals surface area contributed by atoms with Gasteiger partial charge in [-0.1, -0.05) is 23.5 Å². The maximum atomic E-state index is 13.4. The van der Waals surface area contributed by atoms with Crippen molar-refractivity contribution in [3.63, 3.8) is 0 Å². The van der Waals surface area contributed by atoms with Gasteiger partial charge in [0, 0.05) is 12.4 Å². The lowest BCUT2D eigenvalue weighted by atomic mass is 9.96. The Labute approximate surface area is 182 Å². The van der Waals surface area contributed by atoms with Crippen LogP contribution in [0, 0.1) is 0 Å². The van der Waals surface area contributed by atoms with E-state index in [4.69, 9.17) is 9.47 Å². The number of benzene rings is 1. The van der Waals surface area contributed by atoms with Gasteiger partial charge in [-0.15, -0.1) is 0 Å². The van der Waals surface area contributed by atoms with Crippen LogP contribution in [0.15, 0.2) is 69.8 Å². The topological polar surface area (TPSA) is 82.8 Å². The quantitative estimate of drug-likeness (QED) is 0.574. The monoisotopic (exact) mass is 435 g/mol. The maximum absolute atomic E-state index is 13.4. The van der Waals surface area contributed by atoms with Crippen molar-refractivity contribution in [2.24, 2.45) is 4.99 Å². The molecule has 0 saturated carbocycles. The summed E-state index contributed by atoms with van der Waals surface area (Å²) in [5.41, 5.74) is 2.32. The highest BCUT2D eigenvalue weighted by Gasteiger charge is 2.33. The lowest BCUT2D eigenvalue weighted by Gasteiger charge is -2.24. The van der Waals surface area contributed by atoms with Crippen LogP contribution in [-0.2, 0) is 9.53 Å². The Kier molecular flexibility index (Phi) is 5.81. The van der Waals surface area contributed by atoms with E-state index < -0.39 is 12.0 Å². The molecule has 0 radical (unpaired) electrons. The average molecular weight is 436 g/mol. The summed E-state index contributed by atoms with van der Waals surface area (Å²) in [6.45, 7) is 3.75. The van der Waals surface area contributed by atoms with Gasteiger partial charge in [0.2, 0.25) is 0 Å². The fraction of sp³-hybridized carbons (Fsp3) is 0.217. The molecule has 1 atom stereocenters. The Balaban J connectivity index is 1.95. The number of pyridine rings is 1. The zero-order valence-corrected chi connectivity index (χ0v) is 18.2. The fourth-order valence-corrected chi connectivity index (χ4v) is 4.55. The van der Waals surface area contributed by atoms with Crippen LogP contribution in [0.4, 0.5) is 0 Å². The van der Waals surface area contributed by atoms with E-state index in [1.54, 1.807) is 56.1 Å². The first-order valence-corrected chi connectivity index (χ1v) is 10.6. The first-order chi connectivity index (χ1) is 15.0. The van der Waals surface area contributed by atoms with Crippen LogP contribution in [0.2, 0.25) is 0 Å². The molecule has 7 nitrogen and oxygen atoms in total. The van der Waals surface area contributed by atoms with Crippen molar-refractivity contribution in [3.05, 3.63) is 90.9 Å². The Morgan fingerprint density at radius 3 is 2.55 bits per heavy atom. The molecule has 3 aromatic rings. The Morgan fingerprint density at radius 2 is 1.90 bits per heavy atom. The van der Waals surface area contributed by atoms with Crippen LogP contribution < -0.4 is 19.6 Å². The summed E-state index contributed by atoms with van der Waals surface area (Å²) in [5.74, 6) is 0.209. The number of aromatic nitrogens is 2. The molecule has 0 aliphatic carbocycles. The van der Waals surface area contributed by atoms with Crippen LogP contribution in [0.1, 0.15) is 31.0 Å². The molecule has 0 amide bonds. The molecule has 3 heterocycles. The molecule has 0 saturated heterocycles. The first-order valence-electron chi connectivity index (χ1n) is 9.77. The smallest absolute Gasteiger partial charge is 0.338 e. The van der Waals surface area contributed by atoms with Crippen LogP contribution in [0.25, 0.3) is 6.08 Å². The summed E-state index contributed by atoms with van der Waals surface area (Å²) in [6, 6.07) is 10.3. The van der Waals surface area contributed by atoms with E-state index in [2.05, 4.69) is 9.98 Å². The van der Waals surface area contributed by atoms with Gasteiger partial charge in [-0.05, 0) is 55.3 Å². The van der Waals surface area contributed by atoms with Crippen molar-refractivity contribution in [1.29, 1.82) is 0 Å². The summed E-state index contributed by atoms with van der Waals surface area (Å²) in [6.07, 6.45) is 5.15. The Hall–Kier alpha value is -3.52. The van der Waals surface area contributed by atoms with Gasteiger partial charge >= 0.3 is 5.97 Å². The van der Waals surface area contributed by atoms with Crippen molar-refractivity contribution in [2.45, 2.75) is 19.9 Å². The third kappa shape index (κ3) is 3.94. The van der Waals surface area contributed by atoms with E-state index in [1.165, 1.54) is 11.3 Å². The molecule has 31 heavy (non-hydrogen) atoms. The zero-order chi connectivity index (χ0) is 22.0. The Morgan fingerprint density at radius 1 is 1.19 bits per heavy atom. The molecule has 1 unspecified atom stereocenters. The van der Waals surface area contributed by atoms with E-state index in [1.807, 2.05) is 24.3 Å². The number of rotatable bonds is 5. The minimum Gasteiger partial charge on any atom is -0.497 e. The van der Waals surface area contributed by atoms with Gasteiger partial charge in [-0.2, -0.15) is 0 Å². The van der Waals surface area contributed by atoms with Gasteiger partial charge < -0.3 is 9.47 Å². The molecule has 1 aliphatic rings. The summed E-state index contributed by atoms with van der Waals surface area (Å²) in [7, 11) is 1.59. The predicted molar refractivity (Wildman–Crippen MR) is 118 cm³/mol. The molecule has 2 aromatic heterocycles. The van der Waals surface area contributed by atoms with Crippen LogP contribution in [0.3, 0.4) is 0 Å². The third-order valence-electron chi connectivity index (χ3n) is 4.95.